The number of methoxy groups -OCH3 is 1. The highest BCUT2D eigenvalue weighted by molar-refractivity contribution is 5.67. The fourth-order valence-corrected chi connectivity index (χ4v) is 5.75. The van der Waals surface area contributed by atoms with Crippen LogP contribution in [0.1, 0.15) is 46.0 Å². The molecule has 168 valence electrons. The second-order valence-corrected chi connectivity index (χ2v) is 9.57. The molecule has 0 aromatic heterocycles. The molecule has 2 heterocycles. The van der Waals surface area contributed by atoms with E-state index in [0.29, 0.717) is 23.9 Å². The molecule has 29 heavy (non-hydrogen) atoms. The first-order valence-electron chi connectivity index (χ1n) is 11.4. The maximum absolute atomic E-state index is 12.0. The third-order valence-corrected chi connectivity index (χ3v) is 7.14. The van der Waals surface area contributed by atoms with E-state index in [0.717, 1.165) is 38.5 Å². The normalized spacial score (nSPS) is 35.7. The van der Waals surface area contributed by atoms with Crippen LogP contribution in [0.25, 0.3) is 0 Å². The van der Waals surface area contributed by atoms with E-state index in [1.54, 1.807) is 0 Å². The molecule has 1 aliphatic carbocycles. The molecule has 0 aromatic rings. The van der Waals surface area contributed by atoms with Gasteiger partial charge in [0.1, 0.15) is 0 Å². The van der Waals surface area contributed by atoms with E-state index in [1.807, 2.05) is 0 Å². The number of carbonyl (C=O) groups excluding carboxylic acids is 1. The Bertz CT molecular complexity index is 533. The van der Waals surface area contributed by atoms with Crippen molar-refractivity contribution in [1.29, 1.82) is 0 Å². The predicted octanol–water partition coefficient (Wildman–Crippen LogP) is 0.941. The number of ether oxygens (including phenoxy) is 1. The number of piperidine rings is 1. The Kier molecular flexibility index (Phi) is 8.15. The molecule has 0 bridgehead atoms. The molecular formula is C21H42N6O2. The molecule has 5 N–H and O–H groups in total. The SMILES string of the molecule is COC(=O)NC1CC(C2CCCC(CN(C)CCN)C2)NC2C1CNN2C(C)C. The van der Waals surface area contributed by atoms with Crippen molar-refractivity contribution in [3.8, 4) is 0 Å². The van der Waals surface area contributed by atoms with Gasteiger partial charge in [-0.25, -0.2) is 9.80 Å². The topological polar surface area (TPSA) is 94.9 Å². The van der Waals surface area contributed by atoms with Gasteiger partial charge in [-0.2, -0.15) is 0 Å². The number of nitrogens with one attached hydrogen (secondary N) is 3. The highest BCUT2D eigenvalue weighted by atomic mass is 16.5. The first-order valence-corrected chi connectivity index (χ1v) is 11.4. The number of rotatable bonds is 7. The van der Waals surface area contributed by atoms with E-state index in [2.05, 4.69) is 46.9 Å². The van der Waals surface area contributed by atoms with E-state index in [4.69, 9.17) is 10.5 Å². The molecule has 0 radical (unpaired) electrons. The first-order chi connectivity index (χ1) is 13.9. The number of amides is 1. The van der Waals surface area contributed by atoms with Crippen LogP contribution >= 0.6 is 0 Å². The van der Waals surface area contributed by atoms with Crippen LogP contribution in [-0.4, -0.2) is 80.6 Å². The van der Waals surface area contributed by atoms with Crippen molar-refractivity contribution >= 4 is 6.09 Å². The Labute approximate surface area is 176 Å². The number of hydrogen-bond donors (Lipinski definition) is 4. The molecule has 3 rings (SSSR count). The number of alkyl carbamates (subject to hydrolysis) is 1. The summed E-state index contributed by atoms with van der Waals surface area (Å²) >= 11 is 0. The summed E-state index contributed by atoms with van der Waals surface area (Å²) in [6.45, 7) is 8.14. The van der Waals surface area contributed by atoms with Crippen LogP contribution in [0.3, 0.4) is 0 Å². The summed E-state index contributed by atoms with van der Waals surface area (Å²) in [6.07, 6.45) is 6.03. The average Bonchev–Trinajstić information content (AvgIpc) is 3.13. The Morgan fingerprint density at radius 3 is 2.83 bits per heavy atom. The number of fused-ring (bicyclic) bond motifs is 1. The lowest BCUT2D eigenvalue weighted by Gasteiger charge is -2.46. The zero-order valence-corrected chi connectivity index (χ0v) is 18.7. The fourth-order valence-electron chi connectivity index (χ4n) is 5.75. The monoisotopic (exact) mass is 410 g/mol. The van der Waals surface area contributed by atoms with Gasteiger partial charge in [-0.3, -0.25) is 10.7 Å². The summed E-state index contributed by atoms with van der Waals surface area (Å²) in [5.41, 5.74) is 9.28. The van der Waals surface area contributed by atoms with E-state index < -0.39 is 0 Å². The predicted molar refractivity (Wildman–Crippen MR) is 115 cm³/mol. The van der Waals surface area contributed by atoms with Crippen LogP contribution < -0.4 is 21.8 Å². The molecule has 1 saturated carbocycles. The summed E-state index contributed by atoms with van der Waals surface area (Å²) in [6, 6.07) is 0.955. The summed E-state index contributed by atoms with van der Waals surface area (Å²) in [7, 11) is 3.63. The lowest BCUT2D eigenvalue weighted by molar-refractivity contribution is 0.0385. The van der Waals surface area contributed by atoms with Gasteiger partial charge in [0.05, 0.1) is 13.3 Å². The number of carbonyl (C=O) groups is 1. The van der Waals surface area contributed by atoms with Crippen molar-refractivity contribution in [3.05, 3.63) is 0 Å². The van der Waals surface area contributed by atoms with Crippen LogP contribution in [0.15, 0.2) is 0 Å². The zero-order valence-electron chi connectivity index (χ0n) is 18.7. The quantitative estimate of drug-likeness (QED) is 0.496. The van der Waals surface area contributed by atoms with Gasteiger partial charge in [-0.15, -0.1) is 0 Å². The number of nitrogens with two attached hydrogens (primary N) is 1. The third kappa shape index (κ3) is 5.61. The molecule has 1 amide bonds. The van der Waals surface area contributed by atoms with Crippen molar-refractivity contribution in [1.82, 2.24) is 26.0 Å². The molecule has 0 aromatic carbocycles. The number of hydrazine groups is 1. The number of likely N-dealkylation sites (N-methyl/N-ethyl adjacent to an activating group) is 1. The van der Waals surface area contributed by atoms with E-state index in [9.17, 15) is 4.79 Å². The second kappa shape index (κ2) is 10.4. The molecule has 8 heteroatoms. The number of hydrogen-bond acceptors (Lipinski definition) is 7. The summed E-state index contributed by atoms with van der Waals surface area (Å²) < 4.78 is 4.92. The minimum absolute atomic E-state index is 0.134. The van der Waals surface area contributed by atoms with Gasteiger partial charge in [-0.1, -0.05) is 6.42 Å². The number of nitrogens with zero attached hydrogens (tertiary/aromatic N) is 2. The van der Waals surface area contributed by atoms with E-state index in [1.165, 1.54) is 32.8 Å². The van der Waals surface area contributed by atoms with Crippen LogP contribution in [0.4, 0.5) is 4.79 Å². The van der Waals surface area contributed by atoms with Crippen LogP contribution in [0, 0.1) is 17.8 Å². The van der Waals surface area contributed by atoms with E-state index in [-0.39, 0.29) is 18.3 Å². The molecule has 2 saturated heterocycles. The van der Waals surface area contributed by atoms with Crippen LogP contribution in [0.2, 0.25) is 0 Å². The molecule has 6 atom stereocenters. The average molecular weight is 411 g/mol. The Balaban J connectivity index is 1.68. The van der Waals surface area contributed by atoms with Crippen molar-refractivity contribution < 1.29 is 9.53 Å². The van der Waals surface area contributed by atoms with Gasteiger partial charge in [0.2, 0.25) is 0 Å². The molecular weight excluding hydrogens is 368 g/mol. The maximum atomic E-state index is 12.0. The van der Waals surface area contributed by atoms with Crippen LogP contribution in [-0.2, 0) is 4.74 Å². The van der Waals surface area contributed by atoms with Crippen molar-refractivity contribution in [3.63, 3.8) is 0 Å². The van der Waals surface area contributed by atoms with Crippen molar-refractivity contribution in [2.75, 3.05) is 40.3 Å². The van der Waals surface area contributed by atoms with E-state index >= 15 is 0 Å². The highest BCUT2D eigenvalue weighted by Crippen LogP contribution is 2.37. The van der Waals surface area contributed by atoms with Gasteiger partial charge in [-0.05, 0) is 58.4 Å². The fraction of sp³-hybridized carbons (Fsp3) is 0.952. The largest absolute Gasteiger partial charge is 0.453 e. The first kappa shape index (κ1) is 22.7. The maximum Gasteiger partial charge on any atom is 0.407 e. The molecule has 6 unspecified atom stereocenters. The summed E-state index contributed by atoms with van der Waals surface area (Å²) in [5.74, 6) is 1.74. The molecule has 2 aliphatic heterocycles. The smallest absolute Gasteiger partial charge is 0.407 e. The van der Waals surface area contributed by atoms with Crippen molar-refractivity contribution in [2.45, 2.75) is 70.2 Å². The zero-order chi connectivity index (χ0) is 21.0. The Morgan fingerprint density at radius 1 is 1.34 bits per heavy atom. The van der Waals surface area contributed by atoms with Gasteiger partial charge in [0.25, 0.3) is 0 Å². The van der Waals surface area contributed by atoms with Gasteiger partial charge in [0.15, 0.2) is 0 Å². The molecule has 3 fully saturated rings. The van der Waals surface area contributed by atoms with Crippen molar-refractivity contribution in [2.24, 2.45) is 23.5 Å². The highest BCUT2D eigenvalue weighted by Gasteiger charge is 2.47. The molecule has 8 nitrogen and oxygen atoms in total. The Hall–Kier alpha value is -0.930. The lowest BCUT2D eigenvalue weighted by Crippen LogP contribution is -2.64. The minimum Gasteiger partial charge on any atom is -0.453 e. The lowest BCUT2D eigenvalue weighted by atomic mass is 9.73. The standard InChI is InChI=1S/C21H42N6O2/c1-14(2)27-20-17(12-23-27)19(25-21(28)29-4)11-18(24-20)16-7-5-6-15(10-16)13-26(3)9-8-22/h14-20,23-24H,5-13,22H2,1-4H3,(H,25,28). The van der Waals surface area contributed by atoms with Gasteiger partial charge in [0, 0.05) is 50.2 Å². The van der Waals surface area contributed by atoms with Gasteiger partial charge < -0.3 is 20.7 Å². The van der Waals surface area contributed by atoms with Gasteiger partial charge >= 0.3 is 6.09 Å². The minimum atomic E-state index is -0.317. The molecule has 3 aliphatic rings. The summed E-state index contributed by atoms with van der Waals surface area (Å²) in [5, 5.41) is 9.44. The Morgan fingerprint density at radius 2 is 2.14 bits per heavy atom. The van der Waals surface area contributed by atoms with Crippen LogP contribution in [0.5, 0.6) is 0 Å². The summed E-state index contributed by atoms with van der Waals surface area (Å²) in [4.78, 5) is 14.4. The second-order valence-electron chi connectivity index (χ2n) is 9.57. The third-order valence-electron chi connectivity index (χ3n) is 7.14. The molecule has 0 spiro atoms.